The molecule has 0 unspecified atom stereocenters. The molecule has 28 heavy (non-hydrogen) atoms. The fraction of sp³-hybridized carbons (Fsp3) is 0.158. The SMILES string of the molecule is Cc1ccc(-c2csnn2)cc1NC(=O)CCn1c(=O)oc2cc(Cl)ccc21. The topological polar surface area (TPSA) is 90.0 Å². The highest BCUT2D eigenvalue weighted by molar-refractivity contribution is 7.03. The Hall–Kier alpha value is -2.97. The lowest BCUT2D eigenvalue weighted by Crippen LogP contribution is -2.20. The number of hydrogen-bond donors (Lipinski definition) is 1. The van der Waals surface area contributed by atoms with E-state index in [-0.39, 0.29) is 18.9 Å². The van der Waals surface area contributed by atoms with Crippen LogP contribution in [0.25, 0.3) is 22.4 Å². The molecular formula is C19H15ClN4O3S. The number of aryl methyl sites for hydroxylation is 2. The molecule has 2 aromatic carbocycles. The maximum absolute atomic E-state index is 12.5. The molecular weight excluding hydrogens is 400 g/mol. The summed E-state index contributed by atoms with van der Waals surface area (Å²) in [5.74, 6) is -0.717. The van der Waals surface area contributed by atoms with Crippen LogP contribution in [0.5, 0.6) is 0 Å². The molecule has 0 fully saturated rings. The maximum atomic E-state index is 12.5. The van der Waals surface area contributed by atoms with Crippen molar-refractivity contribution in [3.63, 3.8) is 0 Å². The van der Waals surface area contributed by atoms with Crippen LogP contribution in [0, 0.1) is 6.92 Å². The van der Waals surface area contributed by atoms with Gasteiger partial charge in [-0.1, -0.05) is 28.2 Å². The van der Waals surface area contributed by atoms with Gasteiger partial charge in [0, 0.05) is 40.7 Å². The molecule has 0 aliphatic carbocycles. The molecule has 0 spiro atoms. The summed E-state index contributed by atoms with van der Waals surface area (Å²) < 4.78 is 10.5. The lowest BCUT2D eigenvalue weighted by atomic mass is 10.1. The number of fused-ring (bicyclic) bond motifs is 1. The van der Waals surface area contributed by atoms with Gasteiger partial charge in [0.1, 0.15) is 5.69 Å². The number of hydrogen-bond acceptors (Lipinski definition) is 6. The second-order valence-electron chi connectivity index (χ2n) is 6.25. The van der Waals surface area contributed by atoms with E-state index < -0.39 is 5.76 Å². The summed E-state index contributed by atoms with van der Waals surface area (Å²) >= 11 is 7.19. The average Bonchev–Trinajstić information content (AvgIpc) is 3.29. The number of carbonyl (C=O) groups is 1. The zero-order valence-electron chi connectivity index (χ0n) is 14.8. The minimum absolute atomic E-state index is 0.124. The first kappa shape index (κ1) is 18.4. The van der Waals surface area contributed by atoms with E-state index in [2.05, 4.69) is 14.9 Å². The fourth-order valence-corrected chi connectivity index (χ4v) is 3.51. The quantitative estimate of drug-likeness (QED) is 0.530. The average molecular weight is 415 g/mol. The second kappa shape index (κ2) is 7.57. The second-order valence-corrected chi connectivity index (χ2v) is 7.30. The van der Waals surface area contributed by atoms with Crippen LogP contribution in [0.1, 0.15) is 12.0 Å². The van der Waals surface area contributed by atoms with Crippen molar-refractivity contribution in [1.82, 2.24) is 14.2 Å². The maximum Gasteiger partial charge on any atom is 0.419 e. The number of amides is 1. The van der Waals surface area contributed by atoms with E-state index in [1.165, 1.54) is 16.1 Å². The van der Waals surface area contributed by atoms with Crippen molar-refractivity contribution in [2.75, 3.05) is 5.32 Å². The number of nitrogens with one attached hydrogen (secondary N) is 1. The van der Waals surface area contributed by atoms with Crippen molar-refractivity contribution in [1.29, 1.82) is 0 Å². The zero-order valence-corrected chi connectivity index (χ0v) is 16.4. The van der Waals surface area contributed by atoms with Crippen LogP contribution in [-0.4, -0.2) is 20.1 Å². The lowest BCUT2D eigenvalue weighted by Gasteiger charge is -2.10. The van der Waals surface area contributed by atoms with Gasteiger partial charge in [-0.05, 0) is 42.2 Å². The Kier molecular flexibility index (Phi) is 4.97. The molecule has 0 aliphatic rings. The van der Waals surface area contributed by atoms with Gasteiger partial charge in [0.2, 0.25) is 5.91 Å². The third-order valence-corrected chi connectivity index (χ3v) is 5.10. The number of benzene rings is 2. The van der Waals surface area contributed by atoms with Gasteiger partial charge in [-0.15, -0.1) is 5.10 Å². The summed E-state index contributed by atoms with van der Waals surface area (Å²) in [6.45, 7) is 2.12. The van der Waals surface area contributed by atoms with Crippen molar-refractivity contribution in [2.24, 2.45) is 0 Å². The highest BCUT2D eigenvalue weighted by Gasteiger charge is 2.13. The number of carbonyl (C=O) groups excluding carboxylic acids is 1. The van der Waals surface area contributed by atoms with E-state index in [4.69, 9.17) is 16.0 Å². The minimum Gasteiger partial charge on any atom is -0.408 e. The third-order valence-electron chi connectivity index (χ3n) is 4.36. The standard InChI is InChI=1S/C19H15ClN4O3S/c1-11-2-3-12(15-10-28-23-22-15)8-14(11)21-18(25)6-7-24-16-5-4-13(20)9-17(16)27-19(24)26/h2-5,8-10H,6-7H2,1H3,(H,21,25). The van der Waals surface area contributed by atoms with E-state index in [1.807, 2.05) is 30.5 Å². The summed E-state index contributed by atoms with van der Waals surface area (Å²) in [6.07, 6.45) is 0.124. The molecule has 0 atom stereocenters. The van der Waals surface area contributed by atoms with Crippen molar-refractivity contribution in [2.45, 2.75) is 19.9 Å². The number of nitrogens with zero attached hydrogens (tertiary/aromatic N) is 3. The first-order valence-corrected chi connectivity index (χ1v) is 9.69. The smallest absolute Gasteiger partial charge is 0.408 e. The molecule has 0 saturated carbocycles. The van der Waals surface area contributed by atoms with E-state index >= 15 is 0 Å². The van der Waals surface area contributed by atoms with Crippen LogP contribution in [0.4, 0.5) is 5.69 Å². The number of aromatic nitrogens is 3. The summed E-state index contributed by atoms with van der Waals surface area (Å²) in [7, 11) is 0. The summed E-state index contributed by atoms with van der Waals surface area (Å²) in [5.41, 5.74) is 4.28. The molecule has 0 radical (unpaired) electrons. The van der Waals surface area contributed by atoms with Gasteiger partial charge in [-0.2, -0.15) is 0 Å². The molecule has 2 heterocycles. The van der Waals surface area contributed by atoms with Crippen LogP contribution < -0.4 is 11.1 Å². The Labute approximate surface area is 168 Å². The third kappa shape index (κ3) is 3.69. The monoisotopic (exact) mass is 414 g/mol. The summed E-state index contributed by atoms with van der Waals surface area (Å²) in [5, 5.41) is 9.28. The molecule has 4 aromatic rings. The minimum atomic E-state index is -0.515. The van der Waals surface area contributed by atoms with Gasteiger partial charge in [-0.25, -0.2) is 4.79 Å². The van der Waals surface area contributed by atoms with Gasteiger partial charge in [0.25, 0.3) is 0 Å². The van der Waals surface area contributed by atoms with Crippen molar-refractivity contribution in [3.8, 4) is 11.3 Å². The molecule has 9 heteroatoms. The van der Waals surface area contributed by atoms with E-state index in [0.717, 1.165) is 16.8 Å². The van der Waals surface area contributed by atoms with Gasteiger partial charge < -0.3 is 9.73 Å². The van der Waals surface area contributed by atoms with Gasteiger partial charge in [-0.3, -0.25) is 9.36 Å². The largest absolute Gasteiger partial charge is 0.419 e. The fourth-order valence-electron chi connectivity index (χ4n) is 2.88. The Balaban J connectivity index is 1.49. The van der Waals surface area contributed by atoms with E-state index in [9.17, 15) is 9.59 Å². The lowest BCUT2D eigenvalue weighted by molar-refractivity contribution is -0.116. The predicted octanol–water partition coefficient (Wildman–Crippen LogP) is 4.10. The number of oxazole rings is 1. The molecule has 142 valence electrons. The summed E-state index contributed by atoms with van der Waals surface area (Å²) in [6, 6.07) is 10.7. The molecule has 1 N–H and O–H groups in total. The van der Waals surface area contributed by atoms with Gasteiger partial charge in [0.05, 0.1) is 5.52 Å². The molecule has 0 aliphatic heterocycles. The van der Waals surface area contributed by atoms with Crippen LogP contribution in [0.3, 0.4) is 0 Å². The van der Waals surface area contributed by atoms with Gasteiger partial charge in [0.15, 0.2) is 5.58 Å². The predicted molar refractivity (Wildman–Crippen MR) is 109 cm³/mol. The van der Waals surface area contributed by atoms with Crippen molar-refractivity contribution in [3.05, 3.63) is 62.9 Å². The van der Waals surface area contributed by atoms with E-state index in [0.29, 0.717) is 21.8 Å². The van der Waals surface area contributed by atoms with Crippen molar-refractivity contribution < 1.29 is 9.21 Å². The first-order chi connectivity index (χ1) is 13.5. The van der Waals surface area contributed by atoms with Crippen molar-refractivity contribution >= 4 is 45.8 Å². The highest BCUT2D eigenvalue weighted by atomic mass is 35.5. The Bertz CT molecular complexity index is 1210. The molecule has 0 bridgehead atoms. The molecule has 0 saturated heterocycles. The zero-order chi connectivity index (χ0) is 19.7. The Morgan fingerprint density at radius 1 is 1.29 bits per heavy atom. The first-order valence-electron chi connectivity index (χ1n) is 8.48. The Morgan fingerprint density at radius 2 is 2.14 bits per heavy atom. The van der Waals surface area contributed by atoms with Crippen LogP contribution in [0.15, 0.2) is 51.0 Å². The highest BCUT2D eigenvalue weighted by Crippen LogP contribution is 2.25. The molecule has 1 amide bonds. The molecule has 4 rings (SSSR count). The molecule has 7 nitrogen and oxygen atoms in total. The number of anilines is 1. The van der Waals surface area contributed by atoms with E-state index in [1.54, 1.807) is 18.2 Å². The summed E-state index contributed by atoms with van der Waals surface area (Å²) in [4.78, 5) is 24.5. The number of rotatable bonds is 5. The number of halogens is 1. The molecule has 2 aromatic heterocycles. The Morgan fingerprint density at radius 3 is 2.93 bits per heavy atom. The van der Waals surface area contributed by atoms with Gasteiger partial charge >= 0.3 is 5.76 Å². The normalized spacial score (nSPS) is 11.1. The van der Waals surface area contributed by atoms with Crippen LogP contribution >= 0.6 is 23.1 Å². The van der Waals surface area contributed by atoms with Crippen LogP contribution in [-0.2, 0) is 11.3 Å². The van der Waals surface area contributed by atoms with Crippen LogP contribution in [0.2, 0.25) is 5.02 Å².